The van der Waals surface area contributed by atoms with Crippen LogP contribution in [0.5, 0.6) is 0 Å². The summed E-state index contributed by atoms with van der Waals surface area (Å²) in [5.74, 6) is 0.149. The Hall–Kier alpha value is -0.830. The number of hydrogen-bond donors (Lipinski definition) is 0. The minimum Gasteiger partial charge on any atom is -0.339 e. The van der Waals surface area contributed by atoms with Crippen molar-refractivity contribution >= 4 is 21.8 Å². The van der Waals surface area contributed by atoms with Gasteiger partial charge in [0.1, 0.15) is 0 Å². The first-order valence-electron chi connectivity index (χ1n) is 6.17. The molecule has 0 bridgehead atoms. The van der Waals surface area contributed by atoms with Crippen molar-refractivity contribution in [3.63, 3.8) is 0 Å². The largest absolute Gasteiger partial charge is 0.339 e. The van der Waals surface area contributed by atoms with Gasteiger partial charge in [0.2, 0.25) is 0 Å². The van der Waals surface area contributed by atoms with Crippen molar-refractivity contribution in [3.8, 4) is 0 Å². The Balaban J connectivity index is 2.85. The summed E-state index contributed by atoms with van der Waals surface area (Å²) in [6.07, 6.45) is 2.18. The van der Waals surface area contributed by atoms with Crippen LogP contribution in [-0.4, -0.2) is 23.9 Å². The number of nitrogens with zero attached hydrogens (tertiary/aromatic N) is 1. The van der Waals surface area contributed by atoms with Crippen molar-refractivity contribution in [1.29, 1.82) is 0 Å². The van der Waals surface area contributed by atoms with E-state index in [9.17, 15) is 4.79 Å². The predicted octanol–water partition coefficient (Wildman–Crippen LogP) is 3.84. The highest BCUT2D eigenvalue weighted by Gasteiger charge is 2.15. The fraction of sp³-hybridized carbons (Fsp3) is 0.500. The topological polar surface area (TPSA) is 20.3 Å². The number of unbranched alkanes of at least 4 members (excludes halogenated alkanes) is 1. The maximum atomic E-state index is 12.4. The normalized spacial score (nSPS) is 10.3. The summed E-state index contributed by atoms with van der Waals surface area (Å²) in [6, 6.07) is 7.80. The summed E-state index contributed by atoms with van der Waals surface area (Å²) >= 11 is 3.43. The maximum Gasteiger partial charge on any atom is 0.254 e. The molecule has 94 valence electrons. The number of hydrogen-bond acceptors (Lipinski definition) is 1. The van der Waals surface area contributed by atoms with E-state index < -0.39 is 0 Å². The van der Waals surface area contributed by atoms with Gasteiger partial charge in [0.05, 0.1) is 0 Å². The lowest BCUT2D eigenvalue weighted by Gasteiger charge is -2.21. The third kappa shape index (κ3) is 3.84. The van der Waals surface area contributed by atoms with Gasteiger partial charge in [0, 0.05) is 24.0 Å². The number of halogens is 1. The predicted molar refractivity (Wildman–Crippen MR) is 75.6 cm³/mol. The Labute approximate surface area is 112 Å². The van der Waals surface area contributed by atoms with Gasteiger partial charge in [-0.05, 0) is 25.0 Å². The van der Waals surface area contributed by atoms with Gasteiger partial charge >= 0.3 is 0 Å². The molecule has 0 fully saturated rings. The number of carbonyl (C=O) groups is 1. The highest BCUT2D eigenvalue weighted by atomic mass is 79.9. The average molecular weight is 298 g/mol. The van der Waals surface area contributed by atoms with Crippen LogP contribution in [0, 0.1) is 0 Å². The molecule has 2 nitrogen and oxygen atoms in total. The SMILES string of the molecule is CCCCN(CC)C(=O)c1ccccc1CBr. The number of rotatable bonds is 6. The number of alkyl halides is 1. The van der Waals surface area contributed by atoms with E-state index in [2.05, 4.69) is 22.9 Å². The molecular weight excluding hydrogens is 278 g/mol. The summed E-state index contributed by atoms with van der Waals surface area (Å²) in [4.78, 5) is 14.3. The first kappa shape index (κ1) is 14.2. The van der Waals surface area contributed by atoms with E-state index in [1.54, 1.807) is 0 Å². The molecule has 0 aliphatic carbocycles. The second-order valence-corrected chi connectivity index (χ2v) is 4.59. The molecule has 0 aliphatic rings. The fourth-order valence-corrected chi connectivity index (χ4v) is 2.26. The van der Waals surface area contributed by atoms with E-state index in [-0.39, 0.29) is 5.91 Å². The van der Waals surface area contributed by atoms with E-state index in [0.717, 1.165) is 42.4 Å². The fourth-order valence-electron chi connectivity index (χ4n) is 1.77. The summed E-state index contributed by atoms with van der Waals surface area (Å²) in [5.41, 5.74) is 1.88. The molecule has 0 radical (unpaired) electrons. The lowest BCUT2D eigenvalue weighted by Crippen LogP contribution is -2.32. The highest BCUT2D eigenvalue weighted by Crippen LogP contribution is 2.15. The molecule has 17 heavy (non-hydrogen) atoms. The van der Waals surface area contributed by atoms with Crippen molar-refractivity contribution in [2.45, 2.75) is 32.0 Å². The average Bonchev–Trinajstić information content (AvgIpc) is 2.39. The third-order valence-corrected chi connectivity index (χ3v) is 3.45. The van der Waals surface area contributed by atoms with Gasteiger partial charge in [-0.25, -0.2) is 0 Å². The Bertz CT molecular complexity index is 365. The van der Waals surface area contributed by atoms with Gasteiger partial charge < -0.3 is 4.90 Å². The van der Waals surface area contributed by atoms with Gasteiger partial charge in [-0.2, -0.15) is 0 Å². The molecule has 1 amide bonds. The third-order valence-electron chi connectivity index (χ3n) is 2.84. The van der Waals surface area contributed by atoms with Crippen LogP contribution in [0.15, 0.2) is 24.3 Å². The zero-order valence-corrected chi connectivity index (χ0v) is 12.2. The molecule has 0 heterocycles. The van der Waals surface area contributed by atoms with Gasteiger partial charge in [0.15, 0.2) is 0 Å². The Morgan fingerprint density at radius 3 is 2.59 bits per heavy atom. The quantitative estimate of drug-likeness (QED) is 0.731. The number of carbonyl (C=O) groups excluding carboxylic acids is 1. The van der Waals surface area contributed by atoms with Gasteiger partial charge in [0.25, 0.3) is 5.91 Å². The number of benzene rings is 1. The maximum absolute atomic E-state index is 12.4. The van der Waals surface area contributed by atoms with Gasteiger partial charge in [-0.15, -0.1) is 0 Å². The van der Waals surface area contributed by atoms with Crippen molar-refractivity contribution in [2.24, 2.45) is 0 Å². The van der Waals surface area contributed by atoms with Crippen LogP contribution in [0.2, 0.25) is 0 Å². The van der Waals surface area contributed by atoms with Crippen molar-refractivity contribution in [3.05, 3.63) is 35.4 Å². The molecule has 0 saturated heterocycles. The Morgan fingerprint density at radius 2 is 2.00 bits per heavy atom. The van der Waals surface area contributed by atoms with Gasteiger partial charge in [-0.1, -0.05) is 47.5 Å². The van der Waals surface area contributed by atoms with Crippen LogP contribution in [-0.2, 0) is 5.33 Å². The van der Waals surface area contributed by atoms with E-state index in [1.165, 1.54) is 0 Å². The summed E-state index contributed by atoms with van der Waals surface area (Å²) < 4.78 is 0. The second kappa shape index (κ2) is 7.49. The highest BCUT2D eigenvalue weighted by molar-refractivity contribution is 9.08. The van der Waals surface area contributed by atoms with Crippen LogP contribution in [0.4, 0.5) is 0 Å². The van der Waals surface area contributed by atoms with Crippen molar-refractivity contribution in [1.82, 2.24) is 4.90 Å². The lowest BCUT2D eigenvalue weighted by molar-refractivity contribution is 0.0761. The molecule has 0 aliphatic heterocycles. The number of amides is 1. The monoisotopic (exact) mass is 297 g/mol. The molecule has 3 heteroatoms. The standard InChI is InChI=1S/C14H20BrNO/c1-3-5-10-16(4-2)14(17)13-9-7-6-8-12(13)11-15/h6-9H,3-5,10-11H2,1-2H3. The van der Waals surface area contributed by atoms with Crippen LogP contribution in [0.25, 0.3) is 0 Å². The molecule has 0 N–H and O–H groups in total. The zero-order chi connectivity index (χ0) is 12.7. The van der Waals surface area contributed by atoms with E-state index in [4.69, 9.17) is 0 Å². The van der Waals surface area contributed by atoms with E-state index in [0.29, 0.717) is 0 Å². The smallest absolute Gasteiger partial charge is 0.254 e. The summed E-state index contributed by atoms with van der Waals surface area (Å²) in [5, 5.41) is 0.722. The Morgan fingerprint density at radius 1 is 1.29 bits per heavy atom. The Kier molecular flexibility index (Phi) is 6.27. The van der Waals surface area contributed by atoms with Gasteiger partial charge in [-0.3, -0.25) is 4.79 Å². The minimum atomic E-state index is 0.149. The lowest BCUT2D eigenvalue weighted by atomic mass is 10.1. The summed E-state index contributed by atoms with van der Waals surface area (Å²) in [6.45, 7) is 5.80. The molecule has 0 saturated carbocycles. The van der Waals surface area contributed by atoms with Crippen molar-refractivity contribution < 1.29 is 4.79 Å². The van der Waals surface area contributed by atoms with Crippen LogP contribution in [0.1, 0.15) is 42.6 Å². The van der Waals surface area contributed by atoms with Crippen molar-refractivity contribution in [2.75, 3.05) is 13.1 Å². The molecule has 0 spiro atoms. The molecule has 0 unspecified atom stereocenters. The summed E-state index contributed by atoms with van der Waals surface area (Å²) in [7, 11) is 0. The molecular formula is C14H20BrNO. The zero-order valence-electron chi connectivity index (χ0n) is 10.6. The molecule has 1 aromatic rings. The molecule has 1 rings (SSSR count). The van der Waals surface area contributed by atoms with Crippen LogP contribution >= 0.6 is 15.9 Å². The second-order valence-electron chi connectivity index (χ2n) is 4.03. The van der Waals surface area contributed by atoms with E-state index in [1.807, 2.05) is 36.1 Å². The first-order valence-corrected chi connectivity index (χ1v) is 7.29. The first-order chi connectivity index (χ1) is 8.24. The minimum absolute atomic E-state index is 0.149. The van der Waals surface area contributed by atoms with Crippen LogP contribution in [0.3, 0.4) is 0 Å². The molecule has 0 atom stereocenters. The van der Waals surface area contributed by atoms with Crippen LogP contribution < -0.4 is 0 Å². The molecule has 1 aromatic carbocycles. The van der Waals surface area contributed by atoms with E-state index >= 15 is 0 Å². The molecule has 0 aromatic heterocycles.